The van der Waals surface area contributed by atoms with Gasteiger partial charge < -0.3 is 24.4 Å². The maximum absolute atomic E-state index is 13.3. The Bertz CT molecular complexity index is 831. The van der Waals surface area contributed by atoms with E-state index in [-0.39, 0.29) is 17.7 Å². The summed E-state index contributed by atoms with van der Waals surface area (Å²) >= 11 is 0. The molecule has 0 spiro atoms. The normalized spacial score (nSPS) is 15.1. The highest BCUT2D eigenvalue weighted by molar-refractivity contribution is 5.98. The molecule has 0 bridgehead atoms. The topological polar surface area (TPSA) is 60.0 Å². The maximum Gasteiger partial charge on any atom is 0.232 e. The molecule has 2 aromatic rings. The Morgan fingerprint density at radius 1 is 1.03 bits per heavy atom. The second-order valence-corrected chi connectivity index (χ2v) is 7.44. The summed E-state index contributed by atoms with van der Waals surface area (Å²) < 4.78 is 16.2. The van der Waals surface area contributed by atoms with Crippen molar-refractivity contribution in [1.29, 1.82) is 0 Å². The van der Waals surface area contributed by atoms with Gasteiger partial charge in [-0.05, 0) is 35.7 Å². The van der Waals surface area contributed by atoms with Gasteiger partial charge in [-0.2, -0.15) is 0 Å². The lowest BCUT2D eigenvalue weighted by Gasteiger charge is -2.31. The van der Waals surface area contributed by atoms with Crippen molar-refractivity contribution >= 4 is 17.3 Å². The second kappa shape index (κ2) is 9.65. The van der Waals surface area contributed by atoms with Gasteiger partial charge in [-0.3, -0.25) is 4.79 Å². The number of benzene rings is 2. The van der Waals surface area contributed by atoms with Gasteiger partial charge in [0, 0.05) is 13.1 Å². The van der Waals surface area contributed by atoms with Gasteiger partial charge in [0.15, 0.2) is 11.5 Å². The number of ether oxygens (including phenoxy) is 3. The molecular weight excluding hydrogens is 368 g/mol. The summed E-state index contributed by atoms with van der Waals surface area (Å²) in [7, 11) is 3.21. The van der Waals surface area contributed by atoms with Gasteiger partial charge in [-0.25, -0.2) is 0 Å². The molecule has 0 aliphatic carbocycles. The minimum Gasteiger partial charge on any atom is -0.493 e. The third-order valence-electron chi connectivity index (χ3n) is 5.23. The molecule has 0 saturated carbocycles. The molecule has 1 fully saturated rings. The summed E-state index contributed by atoms with van der Waals surface area (Å²) in [6.07, 6.45) is 0. The van der Waals surface area contributed by atoms with Crippen molar-refractivity contribution in [2.45, 2.75) is 19.8 Å². The lowest BCUT2D eigenvalue weighted by atomic mass is 9.87. The summed E-state index contributed by atoms with van der Waals surface area (Å²) in [5.74, 6) is 1.04. The monoisotopic (exact) mass is 398 g/mol. The first kappa shape index (κ1) is 21.0. The lowest BCUT2D eigenvalue weighted by Crippen LogP contribution is -2.37. The lowest BCUT2D eigenvalue weighted by molar-refractivity contribution is -0.118. The van der Waals surface area contributed by atoms with Crippen LogP contribution in [0.3, 0.4) is 0 Å². The van der Waals surface area contributed by atoms with E-state index < -0.39 is 0 Å². The third kappa shape index (κ3) is 4.82. The third-order valence-corrected chi connectivity index (χ3v) is 5.23. The summed E-state index contributed by atoms with van der Waals surface area (Å²) in [5, 5.41) is 3.16. The zero-order chi connectivity index (χ0) is 20.8. The number of rotatable bonds is 7. The second-order valence-electron chi connectivity index (χ2n) is 7.44. The van der Waals surface area contributed by atoms with E-state index in [0.29, 0.717) is 24.7 Å². The Morgan fingerprint density at radius 2 is 1.72 bits per heavy atom. The molecule has 6 heteroatoms. The first-order chi connectivity index (χ1) is 14.0. The number of nitrogens with one attached hydrogen (secondary N) is 1. The van der Waals surface area contributed by atoms with Crippen molar-refractivity contribution < 1.29 is 19.0 Å². The van der Waals surface area contributed by atoms with E-state index in [1.165, 1.54) is 0 Å². The maximum atomic E-state index is 13.3. The number of methoxy groups -OCH3 is 2. The Morgan fingerprint density at radius 3 is 2.38 bits per heavy atom. The molecule has 1 heterocycles. The predicted molar refractivity (Wildman–Crippen MR) is 115 cm³/mol. The van der Waals surface area contributed by atoms with Crippen molar-refractivity contribution in [3.05, 3.63) is 48.0 Å². The van der Waals surface area contributed by atoms with Crippen LogP contribution in [0.15, 0.2) is 42.5 Å². The SMILES string of the molecule is COc1ccc(C(C(=O)Nc2ccccc2N2CCOCC2)C(C)C)cc1OC. The van der Waals surface area contributed by atoms with Gasteiger partial charge in [0.05, 0.1) is 44.7 Å². The molecule has 1 unspecified atom stereocenters. The average molecular weight is 399 g/mol. The minimum absolute atomic E-state index is 0.0343. The number of amides is 1. The fourth-order valence-corrected chi connectivity index (χ4v) is 3.76. The van der Waals surface area contributed by atoms with E-state index in [2.05, 4.69) is 24.1 Å². The molecule has 1 aliphatic heterocycles. The van der Waals surface area contributed by atoms with E-state index in [1.807, 2.05) is 42.5 Å². The summed E-state index contributed by atoms with van der Waals surface area (Å²) in [4.78, 5) is 15.6. The van der Waals surface area contributed by atoms with Gasteiger partial charge in [0.25, 0.3) is 0 Å². The molecule has 29 heavy (non-hydrogen) atoms. The van der Waals surface area contributed by atoms with Crippen LogP contribution in [0.1, 0.15) is 25.3 Å². The highest BCUT2D eigenvalue weighted by Crippen LogP contribution is 2.35. The number of hydrogen-bond donors (Lipinski definition) is 1. The van der Waals surface area contributed by atoms with Crippen LogP contribution < -0.4 is 19.7 Å². The number of para-hydroxylation sites is 2. The molecule has 3 rings (SSSR count). The fraction of sp³-hybridized carbons (Fsp3) is 0.435. The van der Waals surface area contributed by atoms with E-state index in [1.54, 1.807) is 14.2 Å². The quantitative estimate of drug-likeness (QED) is 0.766. The average Bonchev–Trinajstić information content (AvgIpc) is 2.74. The van der Waals surface area contributed by atoms with E-state index in [4.69, 9.17) is 14.2 Å². The van der Waals surface area contributed by atoms with Crippen LogP contribution in [0.25, 0.3) is 0 Å². The smallest absolute Gasteiger partial charge is 0.232 e. The van der Waals surface area contributed by atoms with Crippen LogP contribution in [0.4, 0.5) is 11.4 Å². The van der Waals surface area contributed by atoms with Crippen molar-refractivity contribution in [1.82, 2.24) is 0 Å². The molecule has 156 valence electrons. The van der Waals surface area contributed by atoms with Crippen molar-refractivity contribution in [2.75, 3.05) is 50.7 Å². The largest absolute Gasteiger partial charge is 0.493 e. The van der Waals surface area contributed by atoms with Gasteiger partial charge in [-0.15, -0.1) is 0 Å². The Kier molecular flexibility index (Phi) is 6.99. The zero-order valence-corrected chi connectivity index (χ0v) is 17.6. The fourth-order valence-electron chi connectivity index (χ4n) is 3.76. The predicted octanol–water partition coefficient (Wildman–Crippen LogP) is 3.92. The van der Waals surface area contributed by atoms with Crippen LogP contribution in [0, 0.1) is 5.92 Å². The van der Waals surface area contributed by atoms with Crippen LogP contribution >= 0.6 is 0 Å². The number of carbonyl (C=O) groups is 1. The van der Waals surface area contributed by atoms with Crippen LogP contribution in [-0.2, 0) is 9.53 Å². The van der Waals surface area contributed by atoms with E-state index >= 15 is 0 Å². The van der Waals surface area contributed by atoms with Crippen LogP contribution in [0.2, 0.25) is 0 Å². The van der Waals surface area contributed by atoms with Crippen LogP contribution in [-0.4, -0.2) is 46.4 Å². The number of carbonyl (C=O) groups excluding carboxylic acids is 1. The first-order valence-electron chi connectivity index (χ1n) is 9.99. The van der Waals surface area contributed by atoms with E-state index in [9.17, 15) is 4.79 Å². The summed E-state index contributed by atoms with van der Waals surface area (Å²) in [6, 6.07) is 13.6. The van der Waals surface area contributed by atoms with E-state index in [0.717, 1.165) is 30.0 Å². The van der Waals surface area contributed by atoms with Gasteiger partial charge >= 0.3 is 0 Å². The molecule has 1 amide bonds. The number of morpholine rings is 1. The molecule has 1 aliphatic rings. The number of nitrogens with zero attached hydrogens (tertiary/aromatic N) is 1. The first-order valence-corrected chi connectivity index (χ1v) is 9.99. The van der Waals surface area contributed by atoms with Gasteiger partial charge in [0.1, 0.15) is 0 Å². The van der Waals surface area contributed by atoms with Crippen LogP contribution in [0.5, 0.6) is 11.5 Å². The van der Waals surface area contributed by atoms with Crippen molar-refractivity contribution in [2.24, 2.45) is 5.92 Å². The zero-order valence-electron chi connectivity index (χ0n) is 17.6. The minimum atomic E-state index is -0.312. The van der Waals surface area contributed by atoms with Crippen molar-refractivity contribution in [3.8, 4) is 11.5 Å². The number of hydrogen-bond acceptors (Lipinski definition) is 5. The molecule has 1 saturated heterocycles. The standard InChI is InChI=1S/C23H30N2O4/c1-16(2)22(17-9-10-20(27-3)21(15-17)28-4)23(26)24-18-7-5-6-8-19(18)25-11-13-29-14-12-25/h5-10,15-16,22H,11-14H2,1-4H3,(H,24,26). The molecular formula is C23H30N2O4. The Balaban J connectivity index is 1.86. The van der Waals surface area contributed by atoms with Gasteiger partial charge in [0.2, 0.25) is 5.91 Å². The highest BCUT2D eigenvalue weighted by atomic mass is 16.5. The summed E-state index contributed by atoms with van der Waals surface area (Å²) in [6.45, 7) is 7.13. The molecule has 0 aromatic heterocycles. The molecule has 1 N–H and O–H groups in total. The highest BCUT2D eigenvalue weighted by Gasteiger charge is 2.26. The molecule has 0 radical (unpaired) electrons. The van der Waals surface area contributed by atoms with Crippen molar-refractivity contribution in [3.63, 3.8) is 0 Å². The Labute approximate surface area is 172 Å². The molecule has 1 atom stereocenters. The van der Waals surface area contributed by atoms with Gasteiger partial charge in [-0.1, -0.05) is 32.0 Å². The Hall–Kier alpha value is -2.73. The summed E-state index contributed by atoms with van der Waals surface area (Å²) in [5.41, 5.74) is 2.75. The number of anilines is 2. The molecule has 6 nitrogen and oxygen atoms in total. The molecule has 2 aromatic carbocycles.